The number of anilines is 1. The fourth-order valence-electron chi connectivity index (χ4n) is 2.89. The van der Waals surface area contributed by atoms with E-state index in [-0.39, 0.29) is 0 Å². The Labute approximate surface area is 126 Å². The summed E-state index contributed by atoms with van der Waals surface area (Å²) in [5, 5.41) is 0. The number of benzene rings is 1. The van der Waals surface area contributed by atoms with E-state index in [0.717, 1.165) is 37.7 Å². The first-order chi connectivity index (χ1) is 10.2. The van der Waals surface area contributed by atoms with E-state index in [4.69, 9.17) is 0 Å². The monoisotopic (exact) mass is 282 g/mol. The topological polar surface area (TPSA) is 32.3 Å². The third-order valence-corrected chi connectivity index (χ3v) is 4.26. The van der Waals surface area contributed by atoms with Crippen molar-refractivity contribution in [3.63, 3.8) is 0 Å². The quantitative estimate of drug-likeness (QED) is 0.866. The molecule has 3 rings (SSSR count). The number of aryl methyl sites for hydroxylation is 1. The van der Waals surface area contributed by atoms with Crippen LogP contribution < -0.4 is 4.90 Å². The maximum absolute atomic E-state index is 4.39. The van der Waals surface area contributed by atoms with Crippen LogP contribution >= 0.6 is 0 Å². The molecule has 1 atom stereocenters. The van der Waals surface area contributed by atoms with Crippen LogP contribution in [-0.4, -0.2) is 41.0 Å². The van der Waals surface area contributed by atoms with Crippen LogP contribution in [-0.2, 0) is 0 Å². The van der Waals surface area contributed by atoms with E-state index in [0.29, 0.717) is 6.04 Å². The first-order valence-electron chi connectivity index (χ1n) is 7.56. The summed E-state index contributed by atoms with van der Waals surface area (Å²) < 4.78 is 0. The number of hydrogen-bond donors (Lipinski definition) is 0. The molecule has 0 aliphatic carbocycles. The summed E-state index contributed by atoms with van der Waals surface area (Å²) in [7, 11) is 0. The zero-order valence-corrected chi connectivity index (χ0v) is 12.7. The van der Waals surface area contributed by atoms with Gasteiger partial charge in [0.05, 0.1) is 0 Å². The van der Waals surface area contributed by atoms with Crippen molar-refractivity contribution in [3.05, 3.63) is 54.0 Å². The second kappa shape index (κ2) is 6.22. The first kappa shape index (κ1) is 14.0. The number of rotatable bonds is 3. The van der Waals surface area contributed by atoms with Crippen LogP contribution in [0.1, 0.15) is 24.2 Å². The summed E-state index contributed by atoms with van der Waals surface area (Å²) in [6.07, 6.45) is 1.66. The number of nitrogens with zero attached hydrogens (tertiary/aromatic N) is 4. The van der Waals surface area contributed by atoms with Crippen molar-refractivity contribution >= 4 is 5.82 Å². The lowest BCUT2D eigenvalue weighted by atomic mass is 10.1. The second-order valence-corrected chi connectivity index (χ2v) is 5.63. The molecular formula is C17H22N4. The molecule has 1 saturated heterocycles. The van der Waals surface area contributed by atoms with Crippen LogP contribution in [0.25, 0.3) is 0 Å². The molecule has 0 spiro atoms. The van der Waals surface area contributed by atoms with Gasteiger partial charge in [0.15, 0.2) is 0 Å². The summed E-state index contributed by atoms with van der Waals surface area (Å²) in [6, 6.07) is 13.3. The predicted octanol–water partition coefficient (Wildman–Crippen LogP) is 2.67. The fraction of sp³-hybridized carbons (Fsp3) is 0.412. The summed E-state index contributed by atoms with van der Waals surface area (Å²) >= 11 is 0. The SMILES string of the molecule is Cc1cc(N2CCN(C(C)c3ccccc3)CC2)ncn1. The van der Waals surface area contributed by atoms with Gasteiger partial charge in [-0.15, -0.1) is 0 Å². The van der Waals surface area contributed by atoms with E-state index in [1.54, 1.807) is 6.33 Å². The van der Waals surface area contributed by atoms with E-state index in [2.05, 4.69) is 63.1 Å². The lowest BCUT2D eigenvalue weighted by molar-refractivity contribution is 0.198. The Balaban J connectivity index is 1.63. The highest BCUT2D eigenvalue weighted by Gasteiger charge is 2.22. The van der Waals surface area contributed by atoms with E-state index < -0.39 is 0 Å². The van der Waals surface area contributed by atoms with Crippen LogP contribution in [0.2, 0.25) is 0 Å². The van der Waals surface area contributed by atoms with Crippen molar-refractivity contribution < 1.29 is 0 Å². The Morgan fingerprint density at radius 3 is 2.38 bits per heavy atom. The maximum atomic E-state index is 4.39. The molecule has 21 heavy (non-hydrogen) atoms. The van der Waals surface area contributed by atoms with Crippen LogP contribution in [0, 0.1) is 6.92 Å². The zero-order valence-electron chi connectivity index (χ0n) is 12.7. The van der Waals surface area contributed by atoms with Gasteiger partial charge in [-0.1, -0.05) is 30.3 Å². The molecule has 2 heterocycles. The minimum atomic E-state index is 0.473. The van der Waals surface area contributed by atoms with Crippen molar-refractivity contribution in [1.82, 2.24) is 14.9 Å². The number of aromatic nitrogens is 2. The van der Waals surface area contributed by atoms with Crippen molar-refractivity contribution in [1.29, 1.82) is 0 Å². The molecule has 1 aromatic carbocycles. The van der Waals surface area contributed by atoms with Crippen LogP contribution in [0.3, 0.4) is 0 Å². The van der Waals surface area contributed by atoms with Gasteiger partial charge < -0.3 is 4.90 Å². The van der Waals surface area contributed by atoms with Gasteiger partial charge in [0.1, 0.15) is 12.1 Å². The second-order valence-electron chi connectivity index (χ2n) is 5.63. The maximum Gasteiger partial charge on any atom is 0.132 e. The summed E-state index contributed by atoms with van der Waals surface area (Å²) in [4.78, 5) is 13.4. The molecule has 1 aliphatic heterocycles. The molecule has 1 fully saturated rings. The molecule has 4 heteroatoms. The standard InChI is InChI=1S/C17H22N4/c1-14-12-17(19-13-18-14)21-10-8-20(9-11-21)15(2)16-6-4-3-5-7-16/h3-7,12-13,15H,8-11H2,1-2H3. The lowest BCUT2D eigenvalue weighted by Crippen LogP contribution is -2.47. The van der Waals surface area contributed by atoms with Gasteiger partial charge in [-0.25, -0.2) is 9.97 Å². The third kappa shape index (κ3) is 3.22. The summed E-state index contributed by atoms with van der Waals surface area (Å²) in [6.45, 7) is 8.48. The molecule has 0 radical (unpaired) electrons. The largest absolute Gasteiger partial charge is 0.354 e. The molecule has 4 nitrogen and oxygen atoms in total. The number of piperazine rings is 1. The average molecular weight is 282 g/mol. The Morgan fingerprint density at radius 2 is 1.71 bits per heavy atom. The Bertz CT molecular complexity index is 576. The minimum absolute atomic E-state index is 0.473. The molecule has 2 aromatic rings. The smallest absolute Gasteiger partial charge is 0.132 e. The molecule has 0 N–H and O–H groups in total. The minimum Gasteiger partial charge on any atom is -0.354 e. The van der Waals surface area contributed by atoms with Gasteiger partial charge in [0.2, 0.25) is 0 Å². The molecular weight excluding hydrogens is 260 g/mol. The predicted molar refractivity (Wildman–Crippen MR) is 85.4 cm³/mol. The van der Waals surface area contributed by atoms with Crippen LogP contribution in [0.15, 0.2) is 42.7 Å². The zero-order chi connectivity index (χ0) is 14.7. The van der Waals surface area contributed by atoms with Gasteiger partial charge in [-0.2, -0.15) is 0 Å². The number of hydrogen-bond acceptors (Lipinski definition) is 4. The highest BCUT2D eigenvalue weighted by molar-refractivity contribution is 5.39. The molecule has 110 valence electrons. The Morgan fingerprint density at radius 1 is 1.00 bits per heavy atom. The van der Waals surface area contributed by atoms with Gasteiger partial charge in [-0.05, 0) is 19.4 Å². The van der Waals surface area contributed by atoms with Gasteiger partial charge >= 0.3 is 0 Å². The van der Waals surface area contributed by atoms with Crippen molar-refractivity contribution in [2.45, 2.75) is 19.9 Å². The van der Waals surface area contributed by atoms with Crippen LogP contribution in [0.4, 0.5) is 5.82 Å². The molecule has 1 aliphatic rings. The van der Waals surface area contributed by atoms with E-state index in [9.17, 15) is 0 Å². The van der Waals surface area contributed by atoms with Gasteiger partial charge in [0.25, 0.3) is 0 Å². The fourth-order valence-corrected chi connectivity index (χ4v) is 2.89. The molecule has 0 saturated carbocycles. The van der Waals surface area contributed by atoms with E-state index >= 15 is 0 Å². The summed E-state index contributed by atoms with van der Waals surface area (Å²) in [5.41, 5.74) is 2.42. The van der Waals surface area contributed by atoms with E-state index in [1.165, 1.54) is 5.56 Å². The average Bonchev–Trinajstić information content (AvgIpc) is 2.55. The summed E-state index contributed by atoms with van der Waals surface area (Å²) in [5.74, 6) is 1.05. The van der Waals surface area contributed by atoms with Crippen LogP contribution in [0.5, 0.6) is 0 Å². The van der Waals surface area contributed by atoms with E-state index in [1.807, 2.05) is 6.92 Å². The molecule has 0 bridgehead atoms. The van der Waals surface area contributed by atoms with Crippen molar-refractivity contribution in [3.8, 4) is 0 Å². The highest BCUT2D eigenvalue weighted by atomic mass is 15.3. The van der Waals surface area contributed by atoms with Gasteiger partial charge in [-0.3, -0.25) is 4.90 Å². The van der Waals surface area contributed by atoms with Crippen molar-refractivity contribution in [2.24, 2.45) is 0 Å². The van der Waals surface area contributed by atoms with Gasteiger partial charge in [0, 0.05) is 44.0 Å². The normalized spacial score (nSPS) is 17.7. The molecule has 1 unspecified atom stereocenters. The lowest BCUT2D eigenvalue weighted by Gasteiger charge is -2.38. The van der Waals surface area contributed by atoms with Crippen molar-refractivity contribution in [2.75, 3.05) is 31.1 Å². The highest BCUT2D eigenvalue weighted by Crippen LogP contribution is 2.22. The molecule has 1 aromatic heterocycles. The Hall–Kier alpha value is -1.94. The first-order valence-corrected chi connectivity index (χ1v) is 7.56. The third-order valence-electron chi connectivity index (χ3n) is 4.26. The molecule has 0 amide bonds. The Kier molecular flexibility index (Phi) is 4.15.